The van der Waals surface area contributed by atoms with Crippen LogP contribution in [0.5, 0.6) is 0 Å². The van der Waals surface area contributed by atoms with E-state index in [1.54, 1.807) is 0 Å². The van der Waals surface area contributed by atoms with Crippen molar-refractivity contribution in [1.82, 2.24) is 4.90 Å². The Balaban J connectivity index is 1.24. The predicted octanol–water partition coefficient (Wildman–Crippen LogP) is 1.56. The molecule has 0 unspecified atom stereocenters. The fraction of sp³-hybridized carbons (Fsp3) is 0.875. The van der Waals surface area contributed by atoms with Crippen molar-refractivity contribution in [3.05, 3.63) is 0 Å². The van der Waals surface area contributed by atoms with Crippen LogP contribution in [0.1, 0.15) is 65.7 Å². The summed E-state index contributed by atoms with van der Waals surface area (Å²) >= 11 is 0. The third kappa shape index (κ3) is 4.15. The fourth-order valence-corrected chi connectivity index (χ4v) is 6.87. The van der Waals surface area contributed by atoms with Crippen molar-refractivity contribution in [1.29, 1.82) is 0 Å². The SMILES string of the molecule is C[C@H]1[C@H](OC(=O)CCC(=O)N2C[C@H](O)C[C@H]2C(=O)O)O[C@@H]2O[C@@]3(C)CC[C@H]4[C@H](C)CC[C@@H]1[C@@]24OO3. The molecule has 0 aromatic carbocycles. The highest BCUT2D eigenvalue weighted by molar-refractivity contribution is 5.86. The molecule has 5 heterocycles. The Bertz CT molecular complexity index is 882. The van der Waals surface area contributed by atoms with E-state index < -0.39 is 54.0 Å². The van der Waals surface area contributed by atoms with Crippen LogP contribution in [0.4, 0.5) is 0 Å². The predicted molar refractivity (Wildman–Crippen MR) is 116 cm³/mol. The van der Waals surface area contributed by atoms with Gasteiger partial charge in [-0.25, -0.2) is 14.6 Å². The number of likely N-dealkylation sites (tertiary alicyclic amines) is 1. The number of aliphatic hydroxyl groups excluding tert-OH is 1. The minimum atomic E-state index is -1.17. The number of β-amino-alcohol motifs (C(OH)–C–C–N with tert-alkyl or cyclic N) is 1. The minimum absolute atomic E-state index is 0.00643. The molecule has 0 radical (unpaired) electrons. The van der Waals surface area contributed by atoms with E-state index in [0.717, 1.165) is 24.2 Å². The summed E-state index contributed by atoms with van der Waals surface area (Å²) in [5, 5.41) is 19.1. The number of carboxylic acids is 1. The Morgan fingerprint density at radius 2 is 1.86 bits per heavy atom. The van der Waals surface area contributed by atoms with Gasteiger partial charge in [0, 0.05) is 37.6 Å². The minimum Gasteiger partial charge on any atom is -0.480 e. The number of rotatable bonds is 5. The van der Waals surface area contributed by atoms with Gasteiger partial charge in [0.25, 0.3) is 0 Å². The van der Waals surface area contributed by atoms with Gasteiger partial charge in [-0.3, -0.25) is 9.59 Å². The molecule has 6 rings (SSSR count). The largest absolute Gasteiger partial charge is 0.480 e. The summed E-state index contributed by atoms with van der Waals surface area (Å²) in [7, 11) is 0. The first-order chi connectivity index (χ1) is 16.5. The molecule has 196 valence electrons. The summed E-state index contributed by atoms with van der Waals surface area (Å²) in [5.41, 5.74) is -0.756. The van der Waals surface area contributed by atoms with Crippen LogP contribution in [-0.4, -0.2) is 75.6 Å². The van der Waals surface area contributed by atoms with E-state index in [0.29, 0.717) is 12.3 Å². The van der Waals surface area contributed by atoms with E-state index in [1.165, 1.54) is 0 Å². The van der Waals surface area contributed by atoms with Gasteiger partial charge in [-0.1, -0.05) is 13.8 Å². The number of carbonyl (C=O) groups excluding carboxylic acids is 2. The van der Waals surface area contributed by atoms with Crippen molar-refractivity contribution in [2.75, 3.05) is 6.54 Å². The first-order valence-corrected chi connectivity index (χ1v) is 12.6. The summed E-state index contributed by atoms with van der Waals surface area (Å²) in [4.78, 5) is 49.6. The molecular formula is C24H35NO10. The summed E-state index contributed by atoms with van der Waals surface area (Å²) in [6.07, 6.45) is 0.530. The molecule has 6 aliphatic rings. The van der Waals surface area contributed by atoms with Gasteiger partial charge >= 0.3 is 11.9 Å². The van der Waals surface area contributed by atoms with Crippen molar-refractivity contribution in [2.45, 2.75) is 102 Å². The quantitative estimate of drug-likeness (QED) is 0.425. The number of nitrogens with zero attached hydrogens (tertiary/aromatic N) is 1. The maximum Gasteiger partial charge on any atom is 0.326 e. The van der Waals surface area contributed by atoms with Crippen LogP contribution in [0.15, 0.2) is 0 Å². The van der Waals surface area contributed by atoms with Gasteiger partial charge < -0.3 is 29.3 Å². The van der Waals surface area contributed by atoms with Crippen LogP contribution in [0.3, 0.4) is 0 Å². The Hall–Kier alpha value is -1.79. The molecule has 1 saturated carbocycles. The van der Waals surface area contributed by atoms with Gasteiger partial charge in [-0.05, 0) is 38.0 Å². The van der Waals surface area contributed by atoms with Gasteiger partial charge in [0.05, 0.1) is 12.5 Å². The third-order valence-electron chi connectivity index (χ3n) is 8.77. The molecular weight excluding hydrogens is 462 g/mol. The smallest absolute Gasteiger partial charge is 0.326 e. The summed E-state index contributed by atoms with van der Waals surface area (Å²) in [5.74, 6) is -2.78. The van der Waals surface area contributed by atoms with Crippen molar-refractivity contribution in [3.63, 3.8) is 0 Å². The Labute approximate surface area is 203 Å². The molecule has 5 aliphatic heterocycles. The molecule has 5 saturated heterocycles. The molecule has 35 heavy (non-hydrogen) atoms. The summed E-state index contributed by atoms with van der Waals surface area (Å²) < 4.78 is 18.2. The van der Waals surface area contributed by atoms with Crippen LogP contribution in [0.25, 0.3) is 0 Å². The standard InChI is InChI=1S/C24H35NO10/c1-12-4-5-16-13(2)21(32-22-24(16)15(12)8-9-23(3,33-22)34-35-24)31-19(28)7-6-18(27)25-11-14(26)10-17(25)20(29)30/h12-17,21-22,26H,4-11H2,1-3H3,(H,29,30)/t12-,13-,14-,15+,16+,17+,21-,22-,23-,24-/m1/s1. The van der Waals surface area contributed by atoms with Gasteiger partial charge in [0.15, 0.2) is 11.9 Å². The highest BCUT2D eigenvalue weighted by Gasteiger charge is 2.69. The zero-order valence-electron chi connectivity index (χ0n) is 20.4. The maximum absolute atomic E-state index is 12.7. The second-order valence-corrected chi connectivity index (χ2v) is 11.1. The highest BCUT2D eigenvalue weighted by Crippen LogP contribution is 2.60. The Kier molecular flexibility index (Phi) is 6.36. The number of amides is 1. The molecule has 6 fully saturated rings. The molecule has 0 aromatic rings. The van der Waals surface area contributed by atoms with Crippen LogP contribution in [-0.2, 0) is 38.4 Å². The monoisotopic (exact) mass is 497 g/mol. The van der Waals surface area contributed by atoms with Crippen molar-refractivity contribution < 1.29 is 48.6 Å². The Morgan fingerprint density at radius 1 is 1.09 bits per heavy atom. The number of hydrogen-bond acceptors (Lipinski definition) is 9. The average molecular weight is 498 g/mol. The normalized spacial score (nSPS) is 46.6. The maximum atomic E-state index is 12.7. The van der Waals surface area contributed by atoms with Gasteiger partial charge in [0.1, 0.15) is 6.04 Å². The fourth-order valence-electron chi connectivity index (χ4n) is 6.87. The van der Waals surface area contributed by atoms with E-state index in [1.807, 2.05) is 13.8 Å². The van der Waals surface area contributed by atoms with E-state index in [-0.39, 0.29) is 43.6 Å². The number of fused-ring (bicyclic) bond motifs is 2. The number of esters is 1. The van der Waals surface area contributed by atoms with E-state index in [4.69, 9.17) is 24.0 Å². The molecule has 11 nitrogen and oxygen atoms in total. The topological polar surface area (TPSA) is 141 Å². The zero-order valence-corrected chi connectivity index (χ0v) is 20.4. The number of carbonyl (C=O) groups is 3. The average Bonchev–Trinajstić information content (AvgIpc) is 3.06. The van der Waals surface area contributed by atoms with Crippen molar-refractivity contribution >= 4 is 17.8 Å². The molecule has 1 amide bonds. The summed E-state index contributed by atoms with van der Waals surface area (Å²) in [6, 6.07) is -1.08. The molecule has 2 N–H and O–H groups in total. The van der Waals surface area contributed by atoms with Crippen LogP contribution in [0.2, 0.25) is 0 Å². The van der Waals surface area contributed by atoms with Gasteiger partial charge in [-0.15, -0.1) is 0 Å². The number of hydrogen-bond donors (Lipinski definition) is 2. The molecule has 1 aliphatic carbocycles. The molecule has 2 bridgehead atoms. The first kappa shape index (κ1) is 24.9. The Morgan fingerprint density at radius 3 is 2.60 bits per heavy atom. The molecule has 11 heteroatoms. The number of aliphatic hydroxyl groups is 1. The highest BCUT2D eigenvalue weighted by atomic mass is 17.3. The number of aliphatic carboxylic acids is 1. The van der Waals surface area contributed by atoms with E-state index >= 15 is 0 Å². The van der Waals surface area contributed by atoms with Gasteiger partial charge in [0.2, 0.25) is 18.0 Å². The van der Waals surface area contributed by atoms with Crippen LogP contribution in [0, 0.1) is 23.7 Å². The van der Waals surface area contributed by atoms with Crippen LogP contribution >= 0.6 is 0 Å². The van der Waals surface area contributed by atoms with Crippen molar-refractivity contribution in [2.24, 2.45) is 23.7 Å². The lowest BCUT2D eigenvalue weighted by atomic mass is 9.58. The number of carboxylic acid groups (broad SMARTS) is 1. The van der Waals surface area contributed by atoms with E-state index in [2.05, 4.69) is 6.92 Å². The lowest BCUT2D eigenvalue weighted by molar-refractivity contribution is -0.576. The van der Waals surface area contributed by atoms with Crippen LogP contribution < -0.4 is 0 Å². The molecule has 10 atom stereocenters. The zero-order chi connectivity index (χ0) is 25.1. The second-order valence-electron chi connectivity index (χ2n) is 11.1. The first-order valence-electron chi connectivity index (χ1n) is 12.6. The number of ether oxygens (including phenoxy) is 3. The lowest BCUT2D eigenvalue weighted by Crippen LogP contribution is -2.70. The summed E-state index contributed by atoms with van der Waals surface area (Å²) in [6.45, 7) is 5.96. The lowest BCUT2D eigenvalue weighted by Gasteiger charge is -2.59. The third-order valence-corrected chi connectivity index (χ3v) is 8.77. The van der Waals surface area contributed by atoms with Gasteiger partial charge in [-0.2, -0.15) is 0 Å². The molecule has 0 aromatic heterocycles. The second kappa shape index (κ2) is 8.95. The van der Waals surface area contributed by atoms with E-state index in [9.17, 15) is 24.6 Å². The molecule has 1 spiro atoms. The van der Waals surface area contributed by atoms with Crippen molar-refractivity contribution in [3.8, 4) is 0 Å².